The van der Waals surface area contributed by atoms with Crippen LogP contribution in [0, 0.1) is 0 Å². The van der Waals surface area contributed by atoms with Gasteiger partial charge in [0.05, 0.1) is 6.61 Å². The number of ether oxygens (including phenoxy) is 3. The summed E-state index contributed by atoms with van der Waals surface area (Å²) >= 11 is 0. The molecule has 1 unspecified atom stereocenters. The van der Waals surface area contributed by atoms with Crippen molar-refractivity contribution in [2.45, 2.75) is 51.9 Å². The van der Waals surface area contributed by atoms with Crippen molar-refractivity contribution in [3.05, 3.63) is 71.8 Å². The Hall–Kier alpha value is -3.35. The minimum absolute atomic E-state index is 0.0246. The molecule has 7 heteroatoms. The van der Waals surface area contributed by atoms with Gasteiger partial charge in [0.1, 0.15) is 12.7 Å². The van der Waals surface area contributed by atoms with Gasteiger partial charge in [-0.15, -0.1) is 0 Å². The summed E-state index contributed by atoms with van der Waals surface area (Å²) in [6.07, 6.45) is 9.00. The molecule has 1 N–H and O–H groups in total. The van der Waals surface area contributed by atoms with Crippen LogP contribution in [-0.4, -0.2) is 36.8 Å². The lowest BCUT2D eigenvalue weighted by Crippen LogP contribution is -2.36. The van der Waals surface area contributed by atoms with Crippen LogP contribution in [0.25, 0.3) is 0 Å². The normalized spacial score (nSPS) is 17.1. The van der Waals surface area contributed by atoms with Gasteiger partial charge in [0.25, 0.3) is 0 Å². The van der Waals surface area contributed by atoms with E-state index in [1.807, 2.05) is 36.4 Å². The number of hydrogen-bond acceptors (Lipinski definition) is 6. The fourth-order valence-electron chi connectivity index (χ4n) is 2.97. The summed E-state index contributed by atoms with van der Waals surface area (Å²) < 4.78 is 15.3. The van der Waals surface area contributed by atoms with E-state index in [0.717, 1.165) is 24.0 Å². The molecule has 0 saturated heterocycles. The number of carbonyl (C=O) groups excluding carboxylic acids is 3. The van der Waals surface area contributed by atoms with Crippen molar-refractivity contribution in [2.75, 3.05) is 6.61 Å². The molecule has 2 rings (SSSR count). The predicted octanol–water partition coefficient (Wildman–Crippen LogP) is 4.00. The molecule has 2 atom stereocenters. The molecule has 0 heterocycles. The first-order chi connectivity index (χ1) is 15.0. The van der Waals surface area contributed by atoms with Crippen LogP contribution in [0.5, 0.6) is 0 Å². The summed E-state index contributed by atoms with van der Waals surface area (Å²) in [6, 6.07) is 9.33. The average Bonchev–Trinajstić information content (AvgIpc) is 2.76. The molecule has 0 aromatic heterocycles. The smallest absolute Gasteiger partial charge is 0.407 e. The first-order valence-electron chi connectivity index (χ1n) is 10.4. The third-order valence-electron chi connectivity index (χ3n) is 4.46. The minimum Gasteiger partial charge on any atom is -0.458 e. The quantitative estimate of drug-likeness (QED) is 0.364. The van der Waals surface area contributed by atoms with Gasteiger partial charge >= 0.3 is 18.0 Å². The van der Waals surface area contributed by atoms with Crippen LogP contribution in [0.4, 0.5) is 4.79 Å². The molecule has 0 aliphatic heterocycles. The van der Waals surface area contributed by atoms with Gasteiger partial charge in [-0.1, -0.05) is 42.5 Å². The third-order valence-corrected chi connectivity index (χ3v) is 4.46. The van der Waals surface area contributed by atoms with Crippen LogP contribution < -0.4 is 5.32 Å². The van der Waals surface area contributed by atoms with E-state index in [9.17, 15) is 14.4 Å². The van der Waals surface area contributed by atoms with Gasteiger partial charge in [-0.3, -0.25) is 0 Å². The second-order valence-corrected chi connectivity index (χ2v) is 7.05. The van der Waals surface area contributed by atoms with Crippen molar-refractivity contribution >= 4 is 18.0 Å². The molecule has 7 nitrogen and oxygen atoms in total. The lowest BCUT2D eigenvalue weighted by atomic mass is 9.94. The zero-order valence-corrected chi connectivity index (χ0v) is 17.9. The van der Waals surface area contributed by atoms with Gasteiger partial charge in [-0.25, -0.2) is 14.4 Å². The van der Waals surface area contributed by atoms with E-state index in [0.29, 0.717) is 13.0 Å². The third kappa shape index (κ3) is 9.80. The van der Waals surface area contributed by atoms with E-state index in [1.165, 1.54) is 18.2 Å². The van der Waals surface area contributed by atoms with Gasteiger partial charge in [0.2, 0.25) is 0 Å². The number of alkyl carbamates (subject to hydrolysis) is 1. The lowest BCUT2D eigenvalue weighted by Gasteiger charge is -2.22. The Bertz CT molecular complexity index is 828. The maximum absolute atomic E-state index is 12.0. The minimum atomic E-state index is -0.583. The molecule has 0 radical (unpaired) electrons. The Kier molecular flexibility index (Phi) is 10.1. The second kappa shape index (κ2) is 13.1. The molecule has 0 saturated carbocycles. The standard InChI is InChI=1S/C24H29NO6/c1-3-29-24(28)25-21-11-7-10-19(16-21)13-15-23(27)31-18(2)12-14-22(26)30-17-20-8-5-4-6-9-20/h4-6,8-10,12-15,18,21H,3,7,11,16-17H2,1-2H3,(H,25,28)/b14-12-,15-13+/t18?,21-/m1/s1. The highest BCUT2D eigenvalue weighted by atomic mass is 16.6. The molecule has 1 aromatic rings. The zero-order valence-electron chi connectivity index (χ0n) is 17.9. The summed E-state index contributed by atoms with van der Waals surface area (Å²) in [6.45, 7) is 3.92. The van der Waals surface area contributed by atoms with Gasteiger partial charge < -0.3 is 19.5 Å². The summed E-state index contributed by atoms with van der Waals surface area (Å²) in [5, 5.41) is 2.81. The van der Waals surface area contributed by atoms with Gasteiger partial charge in [-0.05, 0) is 50.3 Å². The molecule has 0 bridgehead atoms. The van der Waals surface area contributed by atoms with Crippen LogP contribution >= 0.6 is 0 Å². The number of carbonyl (C=O) groups is 3. The molecular weight excluding hydrogens is 398 g/mol. The van der Waals surface area contributed by atoms with Crippen LogP contribution in [0.1, 0.15) is 38.7 Å². The number of benzene rings is 1. The SMILES string of the molecule is CCOC(=O)N[C@@H]1CCC=C(/C=C/C(=O)OC(C)/C=C\C(=O)OCc2ccccc2)C1. The molecule has 1 aliphatic carbocycles. The van der Waals surface area contributed by atoms with Crippen molar-refractivity contribution in [2.24, 2.45) is 0 Å². The Balaban J connectivity index is 1.72. The largest absolute Gasteiger partial charge is 0.458 e. The van der Waals surface area contributed by atoms with Crippen molar-refractivity contribution in [3.8, 4) is 0 Å². The molecule has 166 valence electrons. The number of rotatable bonds is 9. The van der Waals surface area contributed by atoms with Crippen LogP contribution in [0.2, 0.25) is 0 Å². The van der Waals surface area contributed by atoms with Crippen molar-refractivity contribution < 1.29 is 28.6 Å². The lowest BCUT2D eigenvalue weighted by molar-refractivity contribution is -0.141. The fraction of sp³-hybridized carbons (Fsp3) is 0.375. The first-order valence-corrected chi connectivity index (χ1v) is 10.4. The zero-order chi connectivity index (χ0) is 22.5. The first kappa shape index (κ1) is 23.9. The number of esters is 2. The van der Waals surface area contributed by atoms with Crippen LogP contribution in [-0.2, 0) is 30.4 Å². The number of hydrogen-bond donors (Lipinski definition) is 1. The highest BCUT2D eigenvalue weighted by Gasteiger charge is 2.17. The molecule has 31 heavy (non-hydrogen) atoms. The fourth-order valence-corrected chi connectivity index (χ4v) is 2.97. The number of allylic oxidation sites excluding steroid dienone is 2. The monoisotopic (exact) mass is 427 g/mol. The van der Waals surface area contributed by atoms with Crippen molar-refractivity contribution in [3.63, 3.8) is 0 Å². The highest BCUT2D eigenvalue weighted by molar-refractivity contribution is 5.83. The van der Waals surface area contributed by atoms with Gasteiger partial charge in [0.15, 0.2) is 0 Å². The summed E-state index contributed by atoms with van der Waals surface area (Å²) in [5.74, 6) is -1.02. The maximum Gasteiger partial charge on any atom is 0.407 e. The molecule has 1 amide bonds. The number of nitrogens with one attached hydrogen (secondary N) is 1. The van der Waals surface area contributed by atoms with E-state index in [4.69, 9.17) is 14.2 Å². The predicted molar refractivity (Wildman–Crippen MR) is 116 cm³/mol. The average molecular weight is 427 g/mol. The van der Waals surface area contributed by atoms with Gasteiger partial charge in [-0.2, -0.15) is 0 Å². The Morgan fingerprint density at radius 2 is 1.90 bits per heavy atom. The summed E-state index contributed by atoms with van der Waals surface area (Å²) in [5.41, 5.74) is 1.84. The van der Waals surface area contributed by atoms with E-state index < -0.39 is 24.1 Å². The van der Waals surface area contributed by atoms with E-state index in [-0.39, 0.29) is 12.6 Å². The Morgan fingerprint density at radius 1 is 1.13 bits per heavy atom. The van der Waals surface area contributed by atoms with Crippen LogP contribution in [0.3, 0.4) is 0 Å². The highest BCUT2D eigenvalue weighted by Crippen LogP contribution is 2.19. The van der Waals surface area contributed by atoms with E-state index >= 15 is 0 Å². The number of amides is 1. The van der Waals surface area contributed by atoms with Gasteiger partial charge in [0, 0.05) is 18.2 Å². The van der Waals surface area contributed by atoms with Crippen molar-refractivity contribution in [1.82, 2.24) is 5.32 Å². The van der Waals surface area contributed by atoms with E-state index in [2.05, 4.69) is 5.32 Å². The maximum atomic E-state index is 12.0. The van der Waals surface area contributed by atoms with Crippen LogP contribution in [0.15, 0.2) is 66.3 Å². The molecule has 1 aliphatic rings. The summed E-state index contributed by atoms with van der Waals surface area (Å²) in [4.78, 5) is 35.3. The van der Waals surface area contributed by atoms with E-state index in [1.54, 1.807) is 19.9 Å². The summed E-state index contributed by atoms with van der Waals surface area (Å²) in [7, 11) is 0. The molecule has 0 fully saturated rings. The molecular formula is C24H29NO6. The topological polar surface area (TPSA) is 90.9 Å². The molecule has 1 aromatic carbocycles. The Labute approximate surface area is 182 Å². The molecule has 0 spiro atoms. The Morgan fingerprint density at radius 3 is 2.65 bits per heavy atom. The van der Waals surface area contributed by atoms with Crippen molar-refractivity contribution in [1.29, 1.82) is 0 Å². The second-order valence-electron chi connectivity index (χ2n) is 7.05.